The number of ether oxygens (including phenoxy) is 1. The molecule has 0 radical (unpaired) electrons. The Morgan fingerprint density at radius 1 is 1.35 bits per heavy atom. The van der Waals surface area contributed by atoms with Crippen LogP contribution in [-0.2, 0) is 4.74 Å². The molecular weight excluding hydrogens is 250 g/mol. The first-order valence-electron chi connectivity index (χ1n) is 8.06. The van der Waals surface area contributed by atoms with E-state index in [1.807, 2.05) is 0 Å². The summed E-state index contributed by atoms with van der Waals surface area (Å²) in [4.78, 5) is 2.45. The molecule has 4 nitrogen and oxygen atoms in total. The van der Waals surface area contributed by atoms with Crippen molar-refractivity contribution in [1.82, 2.24) is 10.2 Å². The molecule has 1 saturated carbocycles. The van der Waals surface area contributed by atoms with E-state index < -0.39 is 0 Å². The van der Waals surface area contributed by atoms with Crippen molar-refractivity contribution >= 4 is 0 Å². The second-order valence-corrected chi connectivity index (χ2v) is 5.82. The lowest BCUT2D eigenvalue weighted by atomic mass is 9.92. The summed E-state index contributed by atoms with van der Waals surface area (Å²) in [6.45, 7) is 9.85. The predicted molar refractivity (Wildman–Crippen MR) is 82.6 cm³/mol. The maximum Gasteiger partial charge on any atom is 0.122 e. The maximum atomic E-state index is 9.75. The molecule has 1 fully saturated rings. The summed E-state index contributed by atoms with van der Waals surface area (Å²) in [5.74, 6) is 0.520. The number of hydrogen-bond donors (Lipinski definition) is 1. The summed E-state index contributed by atoms with van der Waals surface area (Å²) in [5, 5.41) is 13.2. The quantitative estimate of drug-likeness (QED) is 0.632. The first-order chi connectivity index (χ1) is 9.67. The van der Waals surface area contributed by atoms with Gasteiger partial charge >= 0.3 is 0 Å². The fraction of sp³-hybridized carbons (Fsp3) is 0.938. The van der Waals surface area contributed by atoms with Gasteiger partial charge in [-0.2, -0.15) is 5.26 Å². The van der Waals surface area contributed by atoms with Crippen LogP contribution in [0.3, 0.4) is 0 Å². The van der Waals surface area contributed by atoms with Crippen molar-refractivity contribution in [2.24, 2.45) is 5.92 Å². The Morgan fingerprint density at radius 2 is 2.00 bits per heavy atom. The third-order valence-electron chi connectivity index (χ3n) is 4.46. The van der Waals surface area contributed by atoms with Gasteiger partial charge in [-0.1, -0.05) is 20.8 Å². The van der Waals surface area contributed by atoms with Crippen molar-refractivity contribution < 1.29 is 4.74 Å². The van der Waals surface area contributed by atoms with Crippen molar-refractivity contribution in [2.45, 2.75) is 58.0 Å². The van der Waals surface area contributed by atoms with E-state index in [4.69, 9.17) is 4.74 Å². The van der Waals surface area contributed by atoms with Crippen molar-refractivity contribution in [1.29, 1.82) is 5.26 Å². The Bertz CT molecular complexity index is 307. The molecule has 0 aromatic rings. The Hall–Kier alpha value is -0.630. The van der Waals surface area contributed by atoms with Crippen LogP contribution in [0.25, 0.3) is 0 Å². The normalized spacial score (nSPS) is 18.2. The molecule has 0 spiro atoms. The highest BCUT2D eigenvalue weighted by Gasteiger charge is 2.46. The molecule has 0 heterocycles. The van der Waals surface area contributed by atoms with Gasteiger partial charge in [0.05, 0.1) is 12.7 Å². The van der Waals surface area contributed by atoms with Crippen molar-refractivity contribution in [2.75, 3.05) is 33.4 Å². The van der Waals surface area contributed by atoms with Crippen molar-refractivity contribution in [3.8, 4) is 6.07 Å². The van der Waals surface area contributed by atoms with Gasteiger partial charge in [-0.3, -0.25) is 10.2 Å². The Kier molecular flexibility index (Phi) is 7.50. The van der Waals surface area contributed by atoms with E-state index in [9.17, 15) is 5.26 Å². The summed E-state index contributed by atoms with van der Waals surface area (Å²) in [6.07, 6.45) is 4.61. The second-order valence-electron chi connectivity index (χ2n) is 5.82. The van der Waals surface area contributed by atoms with Gasteiger partial charge in [-0.15, -0.1) is 0 Å². The molecule has 116 valence electrons. The summed E-state index contributed by atoms with van der Waals surface area (Å²) < 4.78 is 5.25. The van der Waals surface area contributed by atoms with Gasteiger partial charge in [0.25, 0.3) is 0 Å². The summed E-state index contributed by atoms with van der Waals surface area (Å²) in [6, 6.07) is 3.13. The van der Waals surface area contributed by atoms with Crippen LogP contribution in [0.15, 0.2) is 0 Å². The van der Waals surface area contributed by atoms with Crippen LogP contribution in [0.5, 0.6) is 0 Å². The molecule has 0 amide bonds. The fourth-order valence-electron chi connectivity index (χ4n) is 3.11. The molecule has 1 N–H and O–H groups in total. The Morgan fingerprint density at radius 3 is 2.40 bits per heavy atom. The highest BCUT2D eigenvalue weighted by molar-refractivity contribution is 5.16. The fourth-order valence-corrected chi connectivity index (χ4v) is 3.11. The van der Waals surface area contributed by atoms with Gasteiger partial charge in [-0.05, 0) is 38.1 Å². The number of likely N-dealkylation sites (N-methyl/N-ethyl adjacent to an activating group) is 1. The van der Waals surface area contributed by atoms with Crippen molar-refractivity contribution in [3.63, 3.8) is 0 Å². The summed E-state index contributed by atoms with van der Waals surface area (Å²) in [7, 11) is 1.74. The van der Waals surface area contributed by atoms with Gasteiger partial charge in [0.15, 0.2) is 0 Å². The van der Waals surface area contributed by atoms with Crippen LogP contribution in [0.2, 0.25) is 0 Å². The first-order valence-corrected chi connectivity index (χ1v) is 8.06. The SMILES string of the molecule is CCNC(C#N)(CN(CCOC)C(CC)CC)C1CC1. The third-order valence-corrected chi connectivity index (χ3v) is 4.46. The number of nitrogens with zero attached hydrogens (tertiary/aromatic N) is 2. The zero-order valence-corrected chi connectivity index (χ0v) is 13.6. The average Bonchev–Trinajstić information content (AvgIpc) is 3.29. The number of nitrogens with one attached hydrogen (secondary N) is 1. The van der Waals surface area contributed by atoms with E-state index in [2.05, 4.69) is 37.1 Å². The van der Waals surface area contributed by atoms with Crippen LogP contribution in [0.1, 0.15) is 46.5 Å². The summed E-state index contributed by atoms with van der Waals surface area (Å²) >= 11 is 0. The molecule has 1 atom stereocenters. The number of methoxy groups -OCH3 is 1. The zero-order valence-electron chi connectivity index (χ0n) is 13.6. The number of rotatable bonds is 11. The van der Waals surface area contributed by atoms with E-state index in [1.54, 1.807) is 7.11 Å². The molecule has 0 saturated heterocycles. The van der Waals surface area contributed by atoms with Crippen LogP contribution < -0.4 is 5.32 Å². The predicted octanol–water partition coefficient (Wildman–Crippen LogP) is 2.41. The van der Waals surface area contributed by atoms with Gasteiger partial charge in [0.2, 0.25) is 0 Å². The maximum absolute atomic E-state index is 9.75. The molecule has 0 bridgehead atoms. The largest absolute Gasteiger partial charge is 0.383 e. The van der Waals surface area contributed by atoms with Crippen LogP contribution >= 0.6 is 0 Å². The molecule has 1 aliphatic rings. The van der Waals surface area contributed by atoms with Gasteiger partial charge < -0.3 is 4.74 Å². The van der Waals surface area contributed by atoms with Crippen LogP contribution in [0.4, 0.5) is 0 Å². The van der Waals surface area contributed by atoms with E-state index in [0.717, 1.165) is 39.1 Å². The Labute approximate surface area is 124 Å². The van der Waals surface area contributed by atoms with E-state index in [-0.39, 0.29) is 5.54 Å². The van der Waals surface area contributed by atoms with Crippen molar-refractivity contribution in [3.05, 3.63) is 0 Å². The monoisotopic (exact) mass is 281 g/mol. The van der Waals surface area contributed by atoms with Crippen LogP contribution in [-0.4, -0.2) is 49.8 Å². The minimum Gasteiger partial charge on any atom is -0.383 e. The average molecular weight is 281 g/mol. The third kappa shape index (κ3) is 4.44. The van der Waals surface area contributed by atoms with E-state index >= 15 is 0 Å². The summed E-state index contributed by atoms with van der Waals surface area (Å²) in [5.41, 5.74) is -0.370. The lowest BCUT2D eigenvalue weighted by Crippen LogP contribution is -2.56. The van der Waals surface area contributed by atoms with E-state index in [1.165, 1.54) is 12.8 Å². The molecule has 4 heteroatoms. The van der Waals surface area contributed by atoms with E-state index in [0.29, 0.717) is 12.0 Å². The Balaban J connectivity index is 2.80. The standard InChI is InChI=1S/C16H31N3O/c1-5-15(6-2)19(10-11-20-4)13-16(12-17,18-7-3)14-8-9-14/h14-15,18H,5-11,13H2,1-4H3. The molecule has 1 aliphatic carbocycles. The second kappa shape index (κ2) is 8.61. The molecule has 1 rings (SSSR count). The minimum atomic E-state index is -0.370. The molecule has 1 unspecified atom stereocenters. The number of hydrogen-bond acceptors (Lipinski definition) is 4. The lowest BCUT2D eigenvalue weighted by Gasteiger charge is -2.38. The zero-order chi connectivity index (χ0) is 15.0. The van der Waals surface area contributed by atoms with Gasteiger partial charge in [-0.25, -0.2) is 0 Å². The van der Waals surface area contributed by atoms with Crippen LogP contribution in [0, 0.1) is 17.2 Å². The molecule has 0 aromatic carbocycles. The minimum absolute atomic E-state index is 0.370. The highest BCUT2D eigenvalue weighted by atomic mass is 16.5. The van der Waals surface area contributed by atoms with Gasteiger partial charge in [0.1, 0.15) is 5.54 Å². The number of nitriles is 1. The smallest absolute Gasteiger partial charge is 0.122 e. The molecule has 0 aromatic heterocycles. The highest BCUT2D eigenvalue weighted by Crippen LogP contribution is 2.40. The molecule has 20 heavy (non-hydrogen) atoms. The van der Waals surface area contributed by atoms with Gasteiger partial charge in [0, 0.05) is 26.2 Å². The lowest BCUT2D eigenvalue weighted by molar-refractivity contribution is 0.0922. The topological polar surface area (TPSA) is 48.3 Å². The molecule has 0 aliphatic heterocycles. The molecular formula is C16H31N3O. The first kappa shape index (κ1) is 17.4.